The molecule has 0 aliphatic carbocycles. The van der Waals surface area contributed by atoms with Crippen LogP contribution >= 0.6 is 27.7 Å². The number of hydrazone groups is 1. The third-order valence-electron chi connectivity index (χ3n) is 3.29. The van der Waals surface area contributed by atoms with E-state index < -0.39 is 4.92 Å². The summed E-state index contributed by atoms with van der Waals surface area (Å²) in [6, 6.07) is 13.9. The second-order valence-electron chi connectivity index (χ2n) is 5.12. The normalized spacial score (nSPS) is 11.2. The number of thioether (sulfide) groups is 1. The maximum Gasteiger partial charge on any atom is 0.269 e. The lowest BCUT2D eigenvalue weighted by Crippen LogP contribution is -2.21. The zero-order valence-electron chi connectivity index (χ0n) is 13.4. The van der Waals surface area contributed by atoms with E-state index in [9.17, 15) is 14.9 Å². The van der Waals surface area contributed by atoms with Crippen molar-refractivity contribution in [2.75, 3.05) is 5.75 Å². The summed E-state index contributed by atoms with van der Waals surface area (Å²) in [4.78, 5) is 22.0. The van der Waals surface area contributed by atoms with Crippen molar-refractivity contribution in [1.82, 2.24) is 5.43 Å². The number of nitrogens with zero attached hydrogens (tertiary/aromatic N) is 2. The predicted molar refractivity (Wildman–Crippen MR) is 104 cm³/mol. The minimum atomic E-state index is -0.458. The zero-order chi connectivity index (χ0) is 18.2. The maximum atomic E-state index is 11.9. The summed E-state index contributed by atoms with van der Waals surface area (Å²) >= 11 is 4.97. The third kappa shape index (κ3) is 5.99. The fourth-order valence-electron chi connectivity index (χ4n) is 1.94. The number of nitrogens with one attached hydrogen (secondary N) is 1. The summed E-state index contributed by atoms with van der Waals surface area (Å²) in [5, 5.41) is 14.7. The first-order chi connectivity index (χ1) is 12.0. The van der Waals surface area contributed by atoms with Gasteiger partial charge in [-0.1, -0.05) is 34.1 Å². The number of hydrogen-bond donors (Lipinski definition) is 1. The molecule has 0 bridgehead atoms. The molecule has 0 spiro atoms. The van der Waals surface area contributed by atoms with Crippen LogP contribution in [0.5, 0.6) is 0 Å². The predicted octanol–water partition coefficient (Wildman–Crippen LogP) is 4.13. The molecule has 0 radical (unpaired) electrons. The van der Waals surface area contributed by atoms with Crippen LogP contribution < -0.4 is 5.43 Å². The number of amides is 1. The van der Waals surface area contributed by atoms with Crippen molar-refractivity contribution in [2.45, 2.75) is 12.7 Å². The Balaban J connectivity index is 1.82. The lowest BCUT2D eigenvalue weighted by atomic mass is 10.1. The highest BCUT2D eigenvalue weighted by atomic mass is 79.9. The fourth-order valence-corrected chi connectivity index (χ4v) is 3.37. The number of rotatable bonds is 7. The van der Waals surface area contributed by atoms with Crippen LogP contribution in [-0.4, -0.2) is 22.3 Å². The van der Waals surface area contributed by atoms with Crippen LogP contribution in [0.2, 0.25) is 0 Å². The number of nitro groups is 1. The standard InChI is InChI=1S/C17H16BrN3O3S/c1-12(13-6-8-15(9-7-13)21(23)24)19-20-17(22)11-25-10-14-4-2-3-5-16(14)18/h2-9H,10-11H2,1H3,(H,20,22)/b19-12+. The zero-order valence-corrected chi connectivity index (χ0v) is 15.8. The van der Waals surface area contributed by atoms with Gasteiger partial charge in [0.25, 0.3) is 5.69 Å². The van der Waals surface area contributed by atoms with Crippen molar-refractivity contribution in [2.24, 2.45) is 5.10 Å². The second-order valence-corrected chi connectivity index (χ2v) is 6.96. The molecule has 25 heavy (non-hydrogen) atoms. The Morgan fingerprint density at radius 3 is 2.56 bits per heavy atom. The molecule has 2 rings (SSSR count). The Labute approximate surface area is 158 Å². The van der Waals surface area contributed by atoms with Crippen LogP contribution in [0.1, 0.15) is 18.1 Å². The highest BCUT2D eigenvalue weighted by Crippen LogP contribution is 2.21. The molecular formula is C17H16BrN3O3S. The first-order valence-corrected chi connectivity index (χ1v) is 9.31. The molecule has 0 saturated carbocycles. The SMILES string of the molecule is C/C(=N\NC(=O)CSCc1ccccc1Br)c1ccc([N+](=O)[O-])cc1. The monoisotopic (exact) mass is 421 g/mol. The molecule has 1 N–H and O–H groups in total. The lowest BCUT2D eigenvalue weighted by Gasteiger charge is -2.05. The van der Waals surface area contributed by atoms with Crippen LogP contribution in [0, 0.1) is 10.1 Å². The third-order valence-corrected chi connectivity index (χ3v) is 5.05. The Morgan fingerprint density at radius 1 is 1.24 bits per heavy atom. The minimum absolute atomic E-state index is 0.0176. The van der Waals surface area contributed by atoms with E-state index in [1.165, 1.54) is 23.9 Å². The van der Waals surface area contributed by atoms with Crippen LogP contribution in [0.25, 0.3) is 0 Å². The van der Waals surface area contributed by atoms with Gasteiger partial charge in [-0.15, -0.1) is 11.8 Å². The van der Waals surface area contributed by atoms with E-state index in [2.05, 4.69) is 26.5 Å². The molecule has 6 nitrogen and oxygen atoms in total. The molecule has 0 unspecified atom stereocenters. The van der Waals surface area contributed by atoms with Crippen LogP contribution in [0.3, 0.4) is 0 Å². The quantitative estimate of drug-likeness (QED) is 0.413. The molecule has 1 amide bonds. The molecule has 0 heterocycles. The van der Waals surface area contributed by atoms with Gasteiger partial charge in [0, 0.05) is 22.4 Å². The first-order valence-electron chi connectivity index (χ1n) is 7.36. The molecule has 0 aromatic heterocycles. The van der Waals surface area contributed by atoms with E-state index in [0.29, 0.717) is 17.0 Å². The molecule has 2 aromatic carbocycles. The highest BCUT2D eigenvalue weighted by molar-refractivity contribution is 9.10. The summed E-state index contributed by atoms with van der Waals surface area (Å²) in [6.45, 7) is 1.73. The molecule has 0 fully saturated rings. The van der Waals surface area contributed by atoms with Crippen LogP contribution in [0.15, 0.2) is 58.1 Å². The van der Waals surface area contributed by atoms with Gasteiger partial charge in [-0.05, 0) is 36.2 Å². The number of carbonyl (C=O) groups excluding carboxylic acids is 1. The van der Waals surface area contributed by atoms with Crippen molar-refractivity contribution in [3.05, 3.63) is 74.2 Å². The van der Waals surface area contributed by atoms with Gasteiger partial charge >= 0.3 is 0 Å². The lowest BCUT2D eigenvalue weighted by molar-refractivity contribution is -0.384. The molecule has 130 valence electrons. The number of benzene rings is 2. The summed E-state index contributed by atoms with van der Waals surface area (Å²) in [7, 11) is 0. The number of nitro benzene ring substituents is 1. The van der Waals surface area contributed by atoms with Crippen molar-refractivity contribution < 1.29 is 9.72 Å². The summed E-state index contributed by atoms with van der Waals surface area (Å²) < 4.78 is 1.02. The Kier molecular flexibility index (Phi) is 7.15. The van der Waals surface area contributed by atoms with Gasteiger partial charge in [0.2, 0.25) is 5.91 Å². The van der Waals surface area contributed by atoms with Crippen molar-refractivity contribution in [1.29, 1.82) is 0 Å². The number of carbonyl (C=O) groups is 1. The Morgan fingerprint density at radius 2 is 1.92 bits per heavy atom. The summed E-state index contributed by atoms with van der Waals surface area (Å²) in [6.07, 6.45) is 0. The molecule has 2 aromatic rings. The van der Waals surface area contributed by atoms with Crippen LogP contribution in [-0.2, 0) is 10.5 Å². The number of non-ortho nitro benzene ring substituents is 1. The second kappa shape index (κ2) is 9.33. The van der Waals surface area contributed by atoms with Gasteiger partial charge in [0.1, 0.15) is 0 Å². The Hall–Kier alpha value is -2.19. The molecule has 0 atom stereocenters. The van der Waals surface area contributed by atoms with Gasteiger partial charge in [0.05, 0.1) is 16.4 Å². The molecule has 0 aliphatic rings. The Bertz CT molecular complexity index is 794. The van der Waals surface area contributed by atoms with Gasteiger partial charge in [-0.25, -0.2) is 5.43 Å². The van der Waals surface area contributed by atoms with Crippen molar-refractivity contribution >= 4 is 45.0 Å². The average Bonchev–Trinajstić information content (AvgIpc) is 2.61. The molecule has 8 heteroatoms. The average molecular weight is 422 g/mol. The van der Waals surface area contributed by atoms with E-state index in [4.69, 9.17) is 0 Å². The van der Waals surface area contributed by atoms with Gasteiger partial charge in [-0.2, -0.15) is 5.10 Å². The largest absolute Gasteiger partial charge is 0.272 e. The minimum Gasteiger partial charge on any atom is -0.272 e. The summed E-state index contributed by atoms with van der Waals surface area (Å²) in [5.41, 5.74) is 4.95. The molecule has 0 aliphatic heterocycles. The first kappa shape index (κ1) is 19.1. The van der Waals surface area contributed by atoms with Gasteiger partial charge in [0.15, 0.2) is 0 Å². The van der Waals surface area contributed by atoms with E-state index in [0.717, 1.165) is 15.8 Å². The number of halogens is 1. The van der Waals surface area contributed by atoms with E-state index in [1.54, 1.807) is 19.1 Å². The van der Waals surface area contributed by atoms with Crippen LogP contribution in [0.4, 0.5) is 5.69 Å². The molecular weight excluding hydrogens is 406 g/mol. The molecule has 0 saturated heterocycles. The number of hydrogen-bond acceptors (Lipinski definition) is 5. The van der Waals surface area contributed by atoms with Crippen molar-refractivity contribution in [3.8, 4) is 0 Å². The van der Waals surface area contributed by atoms with E-state index in [-0.39, 0.29) is 11.6 Å². The summed E-state index contributed by atoms with van der Waals surface area (Å²) in [5.74, 6) is 0.816. The van der Waals surface area contributed by atoms with Gasteiger partial charge < -0.3 is 0 Å². The van der Waals surface area contributed by atoms with E-state index >= 15 is 0 Å². The van der Waals surface area contributed by atoms with E-state index in [1.807, 2.05) is 24.3 Å². The topological polar surface area (TPSA) is 84.6 Å². The van der Waals surface area contributed by atoms with Crippen molar-refractivity contribution in [3.63, 3.8) is 0 Å². The smallest absolute Gasteiger partial charge is 0.269 e. The highest BCUT2D eigenvalue weighted by Gasteiger charge is 2.07. The maximum absolute atomic E-state index is 11.9. The fraction of sp³-hybridized carbons (Fsp3) is 0.176. The van der Waals surface area contributed by atoms with Gasteiger partial charge in [-0.3, -0.25) is 14.9 Å².